The molecule has 0 fully saturated rings. The lowest BCUT2D eigenvalue weighted by Crippen LogP contribution is -2.31. The second-order valence-corrected chi connectivity index (χ2v) is 13.5. The van der Waals surface area contributed by atoms with Crippen LogP contribution in [0.1, 0.15) is 83.1 Å². The Kier molecular flexibility index (Phi) is 14.9. The lowest BCUT2D eigenvalue weighted by molar-refractivity contribution is -0.156. The van der Waals surface area contributed by atoms with Crippen LogP contribution in [0.15, 0.2) is 144 Å². The Bertz CT molecular complexity index is 1570. The predicted molar refractivity (Wildman–Crippen MR) is 201 cm³/mol. The van der Waals surface area contributed by atoms with E-state index in [0.717, 1.165) is 46.5 Å². The second-order valence-electron chi connectivity index (χ2n) is 13.5. The van der Waals surface area contributed by atoms with Gasteiger partial charge in [0.15, 0.2) is 0 Å². The zero-order chi connectivity index (χ0) is 35.7. The Labute approximate surface area is 292 Å². The first-order valence-electron chi connectivity index (χ1n) is 16.8. The van der Waals surface area contributed by atoms with Crippen LogP contribution >= 0.6 is 0 Å². The predicted octanol–water partition coefficient (Wildman–Crippen LogP) is 9.46. The van der Waals surface area contributed by atoms with E-state index in [0.29, 0.717) is 6.42 Å². The maximum atomic E-state index is 12.8. The molecule has 4 aromatic carbocycles. The number of nitrogens with zero attached hydrogens (tertiary/aromatic N) is 2. The molecule has 4 rings (SSSR count). The fourth-order valence-electron chi connectivity index (χ4n) is 4.78. The van der Waals surface area contributed by atoms with E-state index in [9.17, 15) is 9.59 Å². The number of esters is 2. The molecule has 0 bridgehead atoms. The summed E-state index contributed by atoms with van der Waals surface area (Å²) in [6.45, 7) is 15.0. The van der Waals surface area contributed by atoms with Crippen LogP contribution in [-0.4, -0.2) is 47.2 Å². The van der Waals surface area contributed by atoms with Gasteiger partial charge in [0.25, 0.3) is 0 Å². The molecule has 0 spiro atoms. The summed E-state index contributed by atoms with van der Waals surface area (Å²) in [6, 6.07) is 39.1. The van der Waals surface area contributed by atoms with Gasteiger partial charge in [-0.05, 0) is 60.8 Å². The quantitative estimate of drug-likeness (QED) is 0.0658. The van der Waals surface area contributed by atoms with Gasteiger partial charge in [0.05, 0.1) is 11.4 Å². The smallest absolute Gasteiger partial charge is 0.331 e. The average molecular weight is 659 g/mol. The van der Waals surface area contributed by atoms with Crippen LogP contribution in [0.25, 0.3) is 0 Å². The molecule has 0 radical (unpaired) electrons. The second kappa shape index (κ2) is 19.0. The topological polar surface area (TPSA) is 77.3 Å². The molecule has 0 unspecified atom stereocenters. The standard InChI is InChI=1S/C24H29NO2.C19H21NO2/c1-5-6-9-18-21(23(26)27-24(2,3)4)25-22(19-14-10-7-11-15-19)20-16-12-8-13-17-20;1-19(2,3)22-17(21)14-20-18(15-10-6-4-7-11-15)16-12-8-5-9-13-16/h5,7-8,10-17,21H,1,6,9,18H2,2-4H3;4-13H,14H2,1-3H3/t21-;/m0./s1. The lowest BCUT2D eigenvalue weighted by Gasteiger charge is -2.23. The van der Waals surface area contributed by atoms with Gasteiger partial charge in [0.2, 0.25) is 0 Å². The summed E-state index contributed by atoms with van der Waals surface area (Å²) >= 11 is 0. The van der Waals surface area contributed by atoms with Crippen molar-refractivity contribution in [3.63, 3.8) is 0 Å². The zero-order valence-corrected chi connectivity index (χ0v) is 29.8. The molecule has 0 heterocycles. The van der Waals surface area contributed by atoms with Crippen molar-refractivity contribution in [3.8, 4) is 0 Å². The number of rotatable bonds is 12. The van der Waals surface area contributed by atoms with E-state index in [2.05, 4.69) is 11.6 Å². The van der Waals surface area contributed by atoms with Crippen molar-refractivity contribution in [2.45, 2.75) is 78.0 Å². The number of carbonyl (C=O) groups is 2. The van der Waals surface area contributed by atoms with Gasteiger partial charge in [0.1, 0.15) is 23.8 Å². The highest BCUT2D eigenvalue weighted by atomic mass is 16.6. The van der Waals surface area contributed by atoms with Gasteiger partial charge in [-0.1, -0.05) is 127 Å². The first-order valence-corrected chi connectivity index (χ1v) is 16.8. The molecule has 0 saturated heterocycles. The van der Waals surface area contributed by atoms with E-state index >= 15 is 0 Å². The van der Waals surface area contributed by atoms with Gasteiger partial charge in [-0.15, -0.1) is 6.58 Å². The number of aliphatic imine (C=N–C) groups is 2. The highest BCUT2D eigenvalue weighted by Gasteiger charge is 2.25. The van der Waals surface area contributed by atoms with E-state index in [1.54, 1.807) is 0 Å². The molecule has 6 heteroatoms. The summed E-state index contributed by atoms with van der Waals surface area (Å²) in [5.74, 6) is -0.604. The Balaban J connectivity index is 0.000000271. The SMILES string of the molecule is C=CCCC[C@H](N=C(c1ccccc1)c1ccccc1)C(=O)OC(C)(C)C.CC(C)(C)OC(=O)CN=C(c1ccccc1)c1ccccc1. The van der Waals surface area contributed by atoms with E-state index in [4.69, 9.17) is 14.5 Å². The Morgan fingerprint density at radius 2 is 1.02 bits per heavy atom. The fourth-order valence-corrected chi connectivity index (χ4v) is 4.78. The number of unbranched alkanes of at least 4 members (excludes halogenated alkanes) is 1. The third-order valence-corrected chi connectivity index (χ3v) is 6.82. The minimum Gasteiger partial charge on any atom is -0.459 e. The Hall–Kier alpha value is -5.10. The number of hydrogen-bond acceptors (Lipinski definition) is 6. The number of benzene rings is 4. The molecule has 0 N–H and O–H groups in total. The highest BCUT2D eigenvalue weighted by Crippen LogP contribution is 2.18. The number of carbonyl (C=O) groups excluding carboxylic acids is 2. The maximum Gasteiger partial charge on any atom is 0.331 e. The first kappa shape index (κ1) is 38.3. The van der Waals surface area contributed by atoms with Crippen LogP contribution < -0.4 is 0 Å². The van der Waals surface area contributed by atoms with Gasteiger partial charge in [-0.3, -0.25) is 14.8 Å². The minimum absolute atomic E-state index is 0.0103. The third-order valence-electron chi connectivity index (χ3n) is 6.82. The molecule has 1 atom stereocenters. The summed E-state index contributed by atoms with van der Waals surface area (Å²) < 4.78 is 10.9. The summed E-state index contributed by atoms with van der Waals surface area (Å²) in [6.07, 6.45) is 4.18. The van der Waals surface area contributed by atoms with Gasteiger partial charge in [-0.25, -0.2) is 4.79 Å². The van der Waals surface area contributed by atoms with Crippen molar-refractivity contribution >= 4 is 23.4 Å². The summed E-state index contributed by atoms with van der Waals surface area (Å²) in [5, 5.41) is 0. The van der Waals surface area contributed by atoms with Crippen LogP contribution in [0.5, 0.6) is 0 Å². The zero-order valence-electron chi connectivity index (χ0n) is 29.8. The molecule has 0 saturated carbocycles. The number of allylic oxidation sites excluding steroid dienone is 1. The van der Waals surface area contributed by atoms with E-state index in [1.165, 1.54) is 0 Å². The lowest BCUT2D eigenvalue weighted by atomic mass is 10.0. The monoisotopic (exact) mass is 658 g/mol. The first-order chi connectivity index (χ1) is 23.4. The molecule has 6 nitrogen and oxygen atoms in total. The molecule has 0 aliphatic carbocycles. The van der Waals surface area contributed by atoms with Crippen LogP contribution in [0.4, 0.5) is 0 Å². The van der Waals surface area contributed by atoms with Gasteiger partial charge in [0, 0.05) is 22.3 Å². The summed E-state index contributed by atoms with van der Waals surface area (Å²) in [4.78, 5) is 34.1. The normalized spacial score (nSPS) is 11.6. The van der Waals surface area contributed by atoms with Gasteiger partial charge >= 0.3 is 11.9 Å². The maximum absolute atomic E-state index is 12.8. The van der Waals surface area contributed by atoms with Crippen molar-refractivity contribution in [3.05, 3.63) is 156 Å². The van der Waals surface area contributed by atoms with Crippen LogP contribution in [0.2, 0.25) is 0 Å². The minimum atomic E-state index is -0.542. The van der Waals surface area contributed by atoms with Crippen LogP contribution in [0, 0.1) is 0 Å². The van der Waals surface area contributed by atoms with Crippen molar-refractivity contribution in [1.82, 2.24) is 0 Å². The molecule has 4 aromatic rings. The van der Waals surface area contributed by atoms with Gasteiger partial charge < -0.3 is 9.47 Å². The molecular formula is C43H50N2O4. The molecule has 0 aliphatic heterocycles. The molecule has 0 aliphatic rings. The molecule has 0 aromatic heterocycles. The largest absolute Gasteiger partial charge is 0.459 e. The fraction of sp³-hybridized carbons (Fsp3) is 0.302. The molecule has 0 amide bonds. The molecular weight excluding hydrogens is 608 g/mol. The van der Waals surface area contributed by atoms with E-state index in [-0.39, 0.29) is 18.5 Å². The van der Waals surface area contributed by atoms with Crippen molar-refractivity contribution < 1.29 is 19.1 Å². The van der Waals surface area contributed by atoms with Gasteiger partial charge in [-0.2, -0.15) is 0 Å². The summed E-state index contributed by atoms with van der Waals surface area (Å²) in [7, 11) is 0. The van der Waals surface area contributed by atoms with Crippen LogP contribution in [-0.2, 0) is 19.1 Å². The third kappa shape index (κ3) is 14.3. The molecule has 256 valence electrons. The Morgan fingerprint density at radius 1 is 0.633 bits per heavy atom. The number of hydrogen-bond donors (Lipinski definition) is 0. The van der Waals surface area contributed by atoms with E-state index in [1.807, 2.05) is 169 Å². The molecule has 49 heavy (non-hydrogen) atoms. The van der Waals surface area contributed by atoms with Crippen molar-refractivity contribution in [1.29, 1.82) is 0 Å². The highest BCUT2D eigenvalue weighted by molar-refractivity contribution is 6.14. The average Bonchev–Trinajstić information content (AvgIpc) is 3.07. The van der Waals surface area contributed by atoms with Crippen LogP contribution in [0.3, 0.4) is 0 Å². The van der Waals surface area contributed by atoms with E-state index < -0.39 is 17.2 Å². The van der Waals surface area contributed by atoms with Crippen molar-refractivity contribution in [2.75, 3.05) is 6.54 Å². The Morgan fingerprint density at radius 3 is 1.39 bits per heavy atom. The summed E-state index contributed by atoms with van der Waals surface area (Å²) in [5.41, 5.74) is 4.52. The number of ether oxygens (including phenoxy) is 2. The van der Waals surface area contributed by atoms with Crippen molar-refractivity contribution in [2.24, 2.45) is 9.98 Å².